The minimum absolute atomic E-state index is 0.186. The van der Waals surface area contributed by atoms with Crippen molar-refractivity contribution in [1.29, 1.82) is 0 Å². The average molecular weight is 376 g/mol. The highest BCUT2D eigenvalue weighted by Gasteiger charge is 2.28. The third kappa shape index (κ3) is 4.84. The summed E-state index contributed by atoms with van der Waals surface area (Å²) in [6, 6.07) is 13.6. The highest BCUT2D eigenvalue weighted by Crippen LogP contribution is 2.18. The number of carbonyl (C=O) groups excluding carboxylic acids is 1. The van der Waals surface area contributed by atoms with E-state index >= 15 is 0 Å². The zero-order valence-electron chi connectivity index (χ0n) is 14.2. The first-order valence-corrected chi connectivity index (χ1v) is 7.91. The Bertz CT molecular complexity index is 922. The van der Waals surface area contributed by atoms with E-state index in [1.165, 1.54) is 18.3 Å². The summed E-state index contributed by atoms with van der Waals surface area (Å²) in [5.41, 5.74) is 2.11. The van der Waals surface area contributed by atoms with Crippen molar-refractivity contribution in [2.24, 2.45) is 0 Å². The Morgan fingerprint density at radius 3 is 2.56 bits per heavy atom. The number of amides is 1. The van der Waals surface area contributed by atoms with Gasteiger partial charge >= 0.3 is 6.18 Å². The number of halogens is 3. The Labute approximate surface area is 152 Å². The fraction of sp³-hybridized carbons (Fsp3) is 0.167. The number of ether oxygens (including phenoxy) is 1. The highest BCUT2D eigenvalue weighted by atomic mass is 19.4. The maximum absolute atomic E-state index is 12.4. The molecule has 140 valence electrons. The molecule has 0 saturated carbocycles. The molecule has 27 heavy (non-hydrogen) atoms. The van der Waals surface area contributed by atoms with Crippen LogP contribution >= 0.6 is 0 Å². The molecule has 3 aromatic rings. The number of pyridine rings is 1. The summed E-state index contributed by atoms with van der Waals surface area (Å²) in [6.45, 7) is 0.396. The van der Waals surface area contributed by atoms with E-state index in [1.54, 1.807) is 10.7 Å². The van der Waals surface area contributed by atoms with Crippen molar-refractivity contribution in [3.63, 3.8) is 0 Å². The van der Waals surface area contributed by atoms with Crippen LogP contribution in [-0.2, 0) is 0 Å². The van der Waals surface area contributed by atoms with Crippen molar-refractivity contribution < 1.29 is 22.7 Å². The monoisotopic (exact) mass is 376 g/mol. The number of benzene rings is 1. The topological polar surface area (TPSA) is 69.0 Å². The second-order valence-electron chi connectivity index (χ2n) is 5.66. The van der Waals surface area contributed by atoms with Crippen molar-refractivity contribution in [2.75, 3.05) is 11.9 Å². The van der Waals surface area contributed by atoms with Crippen LogP contribution in [0.3, 0.4) is 0 Å². The molecule has 0 fully saturated rings. The number of alkyl halides is 3. The summed E-state index contributed by atoms with van der Waals surface area (Å²) in [5.74, 6) is -0.645. The number of hydrogen-bond acceptors (Lipinski definition) is 4. The summed E-state index contributed by atoms with van der Waals surface area (Å²) in [6.07, 6.45) is -3.23. The molecular weight excluding hydrogens is 361 g/mol. The van der Waals surface area contributed by atoms with Crippen molar-refractivity contribution in [2.45, 2.75) is 13.1 Å². The number of aromatic nitrogens is 3. The first-order chi connectivity index (χ1) is 12.8. The number of aryl methyl sites for hydroxylation is 1. The Balaban J connectivity index is 1.67. The molecule has 0 aliphatic rings. The fourth-order valence-electron chi connectivity index (χ4n) is 2.31. The van der Waals surface area contributed by atoms with E-state index in [1.807, 2.05) is 37.3 Å². The number of carbonyl (C=O) groups is 1. The van der Waals surface area contributed by atoms with Gasteiger partial charge in [-0.15, -0.1) is 0 Å². The van der Waals surface area contributed by atoms with Crippen LogP contribution in [0.1, 0.15) is 16.2 Å². The molecule has 0 bridgehead atoms. The molecule has 1 N–H and O–H groups in total. The first-order valence-electron chi connectivity index (χ1n) is 7.91. The lowest BCUT2D eigenvalue weighted by Gasteiger charge is -2.08. The summed E-state index contributed by atoms with van der Waals surface area (Å²) in [7, 11) is 0. The van der Waals surface area contributed by atoms with Crippen molar-refractivity contribution in [3.8, 4) is 11.6 Å². The molecule has 1 aromatic carbocycles. The Morgan fingerprint density at radius 2 is 1.93 bits per heavy atom. The van der Waals surface area contributed by atoms with Gasteiger partial charge in [0, 0.05) is 11.8 Å². The van der Waals surface area contributed by atoms with Crippen LogP contribution < -0.4 is 10.1 Å². The van der Waals surface area contributed by atoms with Crippen LogP contribution in [0.2, 0.25) is 0 Å². The van der Waals surface area contributed by atoms with Gasteiger partial charge in [-0.05, 0) is 31.2 Å². The van der Waals surface area contributed by atoms with E-state index in [0.717, 1.165) is 11.4 Å². The lowest BCUT2D eigenvalue weighted by atomic mass is 10.3. The summed E-state index contributed by atoms with van der Waals surface area (Å²) >= 11 is 0. The lowest BCUT2D eigenvalue weighted by molar-refractivity contribution is -0.154. The van der Waals surface area contributed by atoms with Gasteiger partial charge in [0.05, 0.1) is 17.6 Å². The normalized spacial score (nSPS) is 11.3. The van der Waals surface area contributed by atoms with E-state index in [0.29, 0.717) is 5.69 Å². The van der Waals surface area contributed by atoms with Gasteiger partial charge in [-0.1, -0.05) is 18.2 Å². The van der Waals surface area contributed by atoms with E-state index in [2.05, 4.69) is 20.1 Å². The highest BCUT2D eigenvalue weighted by molar-refractivity contribution is 6.02. The van der Waals surface area contributed by atoms with Gasteiger partial charge in [-0.25, -0.2) is 9.67 Å². The summed E-state index contributed by atoms with van der Waals surface area (Å²) in [4.78, 5) is 16.1. The molecule has 2 aromatic heterocycles. The van der Waals surface area contributed by atoms with Crippen molar-refractivity contribution >= 4 is 11.6 Å². The number of para-hydroxylation sites is 1. The third-order valence-electron chi connectivity index (χ3n) is 3.50. The maximum atomic E-state index is 12.4. The van der Waals surface area contributed by atoms with Crippen LogP contribution in [0.15, 0.2) is 54.7 Å². The third-order valence-corrected chi connectivity index (χ3v) is 3.50. The lowest BCUT2D eigenvalue weighted by Crippen LogP contribution is -2.19. The molecule has 3 rings (SSSR count). The average Bonchev–Trinajstić information content (AvgIpc) is 3.03. The Morgan fingerprint density at radius 1 is 1.19 bits per heavy atom. The molecule has 0 aliphatic carbocycles. The fourth-order valence-corrected chi connectivity index (χ4v) is 2.31. The van der Waals surface area contributed by atoms with Gasteiger partial charge in [0.1, 0.15) is 0 Å². The predicted octanol–water partition coefficient (Wildman–Crippen LogP) is 3.77. The maximum Gasteiger partial charge on any atom is 0.422 e. The van der Waals surface area contributed by atoms with Gasteiger partial charge in [-0.3, -0.25) is 4.79 Å². The minimum atomic E-state index is -4.44. The van der Waals surface area contributed by atoms with Crippen LogP contribution in [-0.4, -0.2) is 33.5 Å². The van der Waals surface area contributed by atoms with Gasteiger partial charge in [0.15, 0.2) is 12.3 Å². The number of anilines is 1. The SMILES string of the molecule is Cc1cc(C(=O)Nc2ccc(OCC(F)(F)F)nc2)nn1-c1ccccc1. The first kappa shape index (κ1) is 18.4. The second kappa shape index (κ2) is 7.48. The zero-order valence-corrected chi connectivity index (χ0v) is 14.2. The molecule has 0 radical (unpaired) electrons. The zero-order chi connectivity index (χ0) is 19.4. The number of nitrogens with one attached hydrogen (secondary N) is 1. The largest absolute Gasteiger partial charge is 0.468 e. The van der Waals surface area contributed by atoms with Crippen LogP contribution in [0.5, 0.6) is 5.88 Å². The van der Waals surface area contributed by atoms with Crippen LogP contribution in [0, 0.1) is 6.92 Å². The van der Waals surface area contributed by atoms with Gasteiger partial charge in [-0.2, -0.15) is 18.3 Å². The van der Waals surface area contributed by atoms with E-state index < -0.39 is 18.7 Å². The number of hydrogen-bond donors (Lipinski definition) is 1. The molecular formula is C18H15F3N4O2. The van der Waals surface area contributed by atoms with E-state index in [-0.39, 0.29) is 11.6 Å². The summed E-state index contributed by atoms with van der Waals surface area (Å²) < 4.78 is 42.5. The predicted molar refractivity (Wildman–Crippen MR) is 92.0 cm³/mol. The molecule has 0 unspecified atom stereocenters. The quantitative estimate of drug-likeness (QED) is 0.736. The second-order valence-corrected chi connectivity index (χ2v) is 5.66. The minimum Gasteiger partial charge on any atom is -0.468 e. The molecule has 0 atom stereocenters. The smallest absolute Gasteiger partial charge is 0.422 e. The number of nitrogens with zero attached hydrogens (tertiary/aromatic N) is 3. The van der Waals surface area contributed by atoms with Crippen molar-refractivity contribution in [1.82, 2.24) is 14.8 Å². The van der Waals surface area contributed by atoms with Gasteiger partial charge in [0.2, 0.25) is 5.88 Å². The van der Waals surface area contributed by atoms with Crippen LogP contribution in [0.25, 0.3) is 5.69 Å². The molecule has 9 heteroatoms. The van der Waals surface area contributed by atoms with E-state index in [9.17, 15) is 18.0 Å². The molecule has 0 spiro atoms. The molecule has 2 heterocycles. The van der Waals surface area contributed by atoms with E-state index in [4.69, 9.17) is 0 Å². The number of rotatable bonds is 5. The Kier molecular flexibility index (Phi) is 5.11. The molecule has 1 amide bonds. The Hall–Kier alpha value is -3.36. The van der Waals surface area contributed by atoms with Gasteiger partial charge in [0.25, 0.3) is 5.91 Å². The van der Waals surface area contributed by atoms with Crippen molar-refractivity contribution in [3.05, 3.63) is 66.1 Å². The molecule has 0 saturated heterocycles. The summed E-state index contributed by atoms with van der Waals surface area (Å²) in [5, 5.41) is 6.88. The van der Waals surface area contributed by atoms with Gasteiger partial charge < -0.3 is 10.1 Å². The van der Waals surface area contributed by atoms with Crippen LogP contribution in [0.4, 0.5) is 18.9 Å². The molecule has 6 nitrogen and oxygen atoms in total. The standard InChI is InChI=1S/C18H15F3N4O2/c1-12-9-15(24-25(12)14-5-3-2-4-6-14)17(26)23-13-7-8-16(22-10-13)27-11-18(19,20)21/h2-10H,11H2,1H3,(H,23,26). The molecule has 0 aliphatic heterocycles.